The average Bonchev–Trinajstić information content (AvgIpc) is 3.37. The molecule has 10 heteroatoms. The van der Waals surface area contributed by atoms with Gasteiger partial charge in [0.05, 0.1) is 4.90 Å². The lowest BCUT2D eigenvalue weighted by Gasteiger charge is -2.10. The second-order valence-electron chi connectivity index (χ2n) is 5.59. The summed E-state index contributed by atoms with van der Waals surface area (Å²) in [5.41, 5.74) is -0.515. The Morgan fingerprint density at radius 3 is 2.08 bits per heavy atom. The molecule has 5 nitrogen and oxygen atoms in total. The van der Waals surface area contributed by atoms with Crippen LogP contribution in [0.5, 0.6) is 0 Å². The Labute approximate surface area is 141 Å². The maximum absolute atomic E-state index is 13.5. The van der Waals surface area contributed by atoms with E-state index in [-0.39, 0.29) is 17.5 Å². The van der Waals surface area contributed by atoms with Crippen LogP contribution in [-0.4, -0.2) is 19.4 Å². The molecule has 25 heavy (non-hydrogen) atoms. The third-order valence-electron chi connectivity index (χ3n) is 3.60. The standard InChI is InChI=1S/C15H13F4N3O2S/c16-11-13(12(17)15(19)21-14(11)18)20-7-8-1-5-10(6-2-8)25(23,24)22-9-3-4-9/h1-2,5-6,9,22H,3-4,7H2,(H,20,21). The predicted molar refractivity (Wildman–Crippen MR) is 81.2 cm³/mol. The number of benzene rings is 1. The fourth-order valence-corrected chi connectivity index (χ4v) is 3.41. The Kier molecular flexibility index (Phi) is 4.65. The zero-order chi connectivity index (χ0) is 18.2. The second kappa shape index (κ2) is 6.60. The molecule has 0 aliphatic heterocycles. The van der Waals surface area contributed by atoms with E-state index in [0.717, 1.165) is 12.8 Å². The van der Waals surface area contributed by atoms with Crippen LogP contribution in [0.1, 0.15) is 18.4 Å². The van der Waals surface area contributed by atoms with Gasteiger partial charge in [0, 0.05) is 12.6 Å². The highest BCUT2D eigenvalue weighted by Gasteiger charge is 2.27. The minimum Gasteiger partial charge on any atom is -0.376 e. The molecule has 2 N–H and O–H groups in total. The third kappa shape index (κ3) is 3.90. The summed E-state index contributed by atoms with van der Waals surface area (Å²) < 4.78 is 79.6. The summed E-state index contributed by atoms with van der Waals surface area (Å²) in [7, 11) is -3.60. The second-order valence-corrected chi connectivity index (χ2v) is 7.30. The van der Waals surface area contributed by atoms with Crippen LogP contribution in [-0.2, 0) is 16.6 Å². The van der Waals surface area contributed by atoms with Gasteiger partial charge in [0.2, 0.25) is 21.7 Å². The molecule has 0 saturated heterocycles. The third-order valence-corrected chi connectivity index (χ3v) is 5.14. The van der Waals surface area contributed by atoms with Crippen molar-refractivity contribution in [2.24, 2.45) is 0 Å². The Hall–Kier alpha value is -2.20. The minimum atomic E-state index is -3.60. The number of nitrogens with one attached hydrogen (secondary N) is 2. The van der Waals surface area contributed by atoms with Gasteiger partial charge in [0.15, 0.2) is 0 Å². The Morgan fingerprint density at radius 2 is 1.56 bits per heavy atom. The van der Waals surface area contributed by atoms with Gasteiger partial charge in [-0.1, -0.05) is 12.1 Å². The number of anilines is 1. The van der Waals surface area contributed by atoms with Crippen LogP contribution in [0.15, 0.2) is 29.2 Å². The monoisotopic (exact) mass is 375 g/mol. The van der Waals surface area contributed by atoms with Crippen molar-refractivity contribution in [2.75, 3.05) is 5.32 Å². The maximum Gasteiger partial charge on any atom is 0.253 e. The molecule has 0 bridgehead atoms. The molecule has 1 aromatic heterocycles. The molecule has 0 atom stereocenters. The molecule has 0 unspecified atom stereocenters. The summed E-state index contributed by atoms with van der Waals surface area (Å²) in [6.07, 6.45) is 1.61. The van der Waals surface area contributed by atoms with Crippen LogP contribution in [0.2, 0.25) is 0 Å². The molecular formula is C15H13F4N3O2S. The highest BCUT2D eigenvalue weighted by Crippen LogP contribution is 2.24. The first-order chi connectivity index (χ1) is 11.8. The largest absolute Gasteiger partial charge is 0.376 e. The number of hydrogen-bond donors (Lipinski definition) is 2. The van der Waals surface area contributed by atoms with E-state index in [1.165, 1.54) is 24.3 Å². The van der Waals surface area contributed by atoms with Gasteiger partial charge in [-0.15, -0.1) is 0 Å². The topological polar surface area (TPSA) is 71.1 Å². The maximum atomic E-state index is 13.5. The number of nitrogens with zero attached hydrogens (tertiary/aromatic N) is 1. The molecule has 1 heterocycles. The fraction of sp³-hybridized carbons (Fsp3) is 0.267. The number of aromatic nitrogens is 1. The van der Waals surface area contributed by atoms with Gasteiger partial charge in [-0.05, 0) is 30.5 Å². The summed E-state index contributed by atoms with van der Waals surface area (Å²) >= 11 is 0. The van der Waals surface area contributed by atoms with Crippen molar-refractivity contribution in [1.82, 2.24) is 9.71 Å². The van der Waals surface area contributed by atoms with Gasteiger partial charge in [0.1, 0.15) is 5.69 Å². The van der Waals surface area contributed by atoms with Gasteiger partial charge in [-0.25, -0.2) is 13.1 Å². The molecule has 1 aliphatic rings. The molecule has 2 aromatic rings. The normalized spacial score (nSPS) is 14.6. The van der Waals surface area contributed by atoms with E-state index in [4.69, 9.17) is 0 Å². The minimum absolute atomic E-state index is 0.0335. The Morgan fingerprint density at radius 1 is 1.00 bits per heavy atom. The van der Waals surface area contributed by atoms with Gasteiger partial charge in [-0.3, -0.25) is 0 Å². The van der Waals surface area contributed by atoms with Crippen LogP contribution < -0.4 is 10.0 Å². The number of rotatable bonds is 6. The molecule has 134 valence electrons. The lowest BCUT2D eigenvalue weighted by Crippen LogP contribution is -2.25. The molecular weight excluding hydrogens is 362 g/mol. The van der Waals surface area contributed by atoms with E-state index in [2.05, 4.69) is 15.0 Å². The molecule has 1 saturated carbocycles. The summed E-state index contributed by atoms with van der Waals surface area (Å²) in [6.45, 7) is -0.173. The van der Waals surface area contributed by atoms with Crippen molar-refractivity contribution in [2.45, 2.75) is 30.3 Å². The first-order valence-electron chi connectivity index (χ1n) is 7.33. The highest BCUT2D eigenvalue weighted by molar-refractivity contribution is 7.89. The average molecular weight is 375 g/mol. The number of pyridine rings is 1. The van der Waals surface area contributed by atoms with Gasteiger partial charge < -0.3 is 5.32 Å². The number of hydrogen-bond acceptors (Lipinski definition) is 4. The lowest BCUT2D eigenvalue weighted by atomic mass is 10.2. The van der Waals surface area contributed by atoms with Crippen LogP contribution in [0.25, 0.3) is 0 Å². The van der Waals surface area contributed by atoms with Crippen molar-refractivity contribution in [3.8, 4) is 0 Å². The Bertz CT molecular complexity index is 874. The van der Waals surface area contributed by atoms with E-state index < -0.39 is 39.2 Å². The van der Waals surface area contributed by atoms with Gasteiger partial charge in [0.25, 0.3) is 11.9 Å². The van der Waals surface area contributed by atoms with Crippen LogP contribution in [0.4, 0.5) is 23.2 Å². The SMILES string of the molecule is O=S(=O)(NC1CC1)c1ccc(CNc2c(F)c(F)nc(F)c2F)cc1. The molecule has 1 aliphatic carbocycles. The van der Waals surface area contributed by atoms with E-state index in [9.17, 15) is 26.0 Å². The van der Waals surface area contributed by atoms with Crippen LogP contribution in [0.3, 0.4) is 0 Å². The smallest absolute Gasteiger partial charge is 0.253 e. The van der Waals surface area contributed by atoms with E-state index in [1.807, 2.05) is 0 Å². The summed E-state index contributed by atoms with van der Waals surface area (Å²) in [6, 6.07) is 5.49. The van der Waals surface area contributed by atoms with Gasteiger partial charge >= 0.3 is 0 Å². The zero-order valence-corrected chi connectivity index (χ0v) is 13.5. The summed E-state index contributed by atoms with van der Waals surface area (Å²) in [4.78, 5) is 2.52. The van der Waals surface area contributed by atoms with Crippen molar-refractivity contribution in [3.63, 3.8) is 0 Å². The molecule has 1 aromatic carbocycles. The van der Waals surface area contributed by atoms with Gasteiger partial charge in [-0.2, -0.15) is 22.5 Å². The van der Waals surface area contributed by atoms with E-state index in [1.54, 1.807) is 0 Å². The molecule has 0 radical (unpaired) electrons. The predicted octanol–water partition coefficient (Wildman–Crippen LogP) is 2.69. The molecule has 1 fully saturated rings. The molecule has 0 amide bonds. The van der Waals surface area contributed by atoms with Crippen molar-refractivity contribution < 1.29 is 26.0 Å². The first-order valence-corrected chi connectivity index (χ1v) is 8.81. The number of halogens is 4. The van der Waals surface area contributed by atoms with E-state index >= 15 is 0 Å². The lowest BCUT2D eigenvalue weighted by molar-refractivity contribution is 0.410. The number of sulfonamides is 1. The molecule has 3 rings (SSSR count). The quantitative estimate of drug-likeness (QED) is 0.602. The summed E-state index contributed by atoms with van der Waals surface area (Å²) in [5, 5.41) is 2.24. The van der Waals surface area contributed by atoms with Crippen LogP contribution >= 0.6 is 0 Å². The highest BCUT2D eigenvalue weighted by atomic mass is 32.2. The van der Waals surface area contributed by atoms with Crippen LogP contribution in [0, 0.1) is 23.5 Å². The first kappa shape index (κ1) is 17.6. The van der Waals surface area contributed by atoms with Crippen molar-refractivity contribution in [3.05, 3.63) is 53.4 Å². The van der Waals surface area contributed by atoms with Crippen molar-refractivity contribution >= 4 is 15.7 Å². The van der Waals surface area contributed by atoms with E-state index in [0.29, 0.717) is 5.56 Å². The van der Waals surface area contributed by atoms with Crippen molar-refractivity contribution in [1.29, 1.82) is 0 Å². The molecule has 0 spiro atoms. The zero-order valence-electron chi connectivity index (χ0n) is 12.7. The fourth-order valence-electron chi connectivity index (χ4n) is 2.11. The Balaban J connectivity index is 1.72. The summed E-state index contributed by atoms with van der Waals surface area (Å²) in [5.74, 6) is -6.78.